The van der Waals surface area contributed by atoms with Crippen LogP contribution in [0.4, 0.5) is 0 Å². The SMILES string of the molecule is Cc1cccc(C2CCCCCN2CCS(=O)(=O)CC(=O)O)c1. The number of carboxylic acid groups (broad SMARTS) is 1. The second-order valence-electron chi connectivity index (χ2n) is 6.30. The third-order valence-corrected chi connectivity index (χ3v) is 5.81. The van der Waals surface area contributed by atoms with Gasteiger partial charge in [0.05, 0.1) is 5.75 Å². The van der Waals surface area contributed by atoms with E-state index in [1.165, 1.54) is 11.1 Å². The van der Waals surface area contributed by atoms with Crippen LogP contribution in [0.2, 0.25) is 0 Å². The number of aryl methyl sites for hydroxylation is 1. The molecule has 23 heavy (non-hydrogen) atoms. The van der Waals surface area contributed by atoms with E-state index in [4.69, 9.17) is 5.11 Å². The van der Waals surface area contributed by atoms with Gasteiger partial charge in [-0.3, -0.25) is 9.69 Å². The topological polar surface area (TPSA) is 74.7 Å². The zero-order valence-electron chi connectivity index (χ0n) is 13.6. The molecule has 5 nitrogen and oxygen atoms in total. The van der Waals surface area contributed by atoms with Crippen molar-refractivity contribution in [2.45, 2.75) is 38.6 Å². The van der Waals surface area contributed by atoms with Crippen molar-refractivity contribution in [2.75, 3.05) is 24.6 Å². The predicted molar refractivity (Wildman–Crippen MR) is 90.3 cm³/mol. The first kappa shape index (κ1) is 17.9. The normalized spacial score (nSPS) is 20.1. The summed E-state index contributed by atoms with van der Waals surface area (Å²) in [5.74, 6) is -2.16. The summed E-state index contributed by atoms with van der Waals surface area (Å²) in [7, 11) is -3.55. The van der Waals surface area contributed by atoms with Gasteiger partial charge in [-0.1, -0.05) is 42.7 Å². The Hall–Kier alpha value is -1.40. The fourth-order valence-corrected chi connectivity index (χ4v) is 4.24. The van der Waals surface area contributed by atoms with Gasteiger partial charge in [0.25, 0.3) is 0 Å². The van der Waals surface area contributed by atoms with Gasteiger partial charge in [-0.2, -0.15) is 0 Å². The van der Waals surface area contributed by atoms with Crippen molar-refractivity contribution in [1.82, 2.24) is 4.90 Å². The number of likely N-dealkylation sites (tertiary alicyclic amines) is 1. The van der Waals surface area contributed by atoms with Crippen LogP contribution in [-0.4, -0.2) is 49.0 Å². The fourth-order valence-electron chi connectivity index (χ4n) is 3.21. The highest BCUT2D eigenvalue weighted by molar-refractivity contribution is 7.92. The average molecular weight is 339 g/mol. The van der Waals surface area contributed by atoms with Crippen LogP contribution in [0.3, 0.4) is 0 Å². The number of aliphatic carboxylic acids is 1. The molecule has 0 aromatic heterocycles. The molecular formula is C17H25NO4S. The zero-order valence-corrected chi connectivity index (χ0v) is 14.4. The Kier molecular flexibility index (Phi) is 6.18. The fraction of sp³-hybridized carbons (Fsp3) is 0.588. The first-order valence-electron chi connectivity index (χ1n) is 8.10. The molecule has 0 amide bonds. The Morgan fingerprint density at radius 1 is 1.30 bits per heavy atom. The quantitative estimate of drug-likeness (QED) is 0.861. The molecule has 1 aromatic carbocycles. The highest BCUT2D eigenvalue weighted by Crippen LogP contribution is 2.30. The third-order valence-electron chi connectivity index (χ3n) is 4.32. The molecular weight excluding hydrogens is 314 g/mol. The van der Waals surface area contributed by atoms with Gasteiger partial charge >= 0.3 is 5.97 Å². The van der Waals surface area contributed by atoms with Gasteiger partial charge in [-0.15, -0.1) is 0 Å². The molecule has 6 heteroatoms. The lowest BCUT2D eigenvalue weighted by molar-refractivity contribution is -0.134. The summed E-state index contributed by atoms with van der Waals surface area (Å²) in [6.07, 6.45) is 4.36. The van der Waals surface area contributed by atoms with Gasteiger partial charge in [0, 0.05) is 12.6 Å². The zero-order chi connectivity index (χ0) is 16.9. The molecule has 2 rings (SSSR count). The molecule has 1 atom stereocenters. The van der Waals surface area contributed by atoms with E-state index in [1.807, 2.05) is 6.07 Å². The van der Waals surface area contributed by atoms with E-state index >= 15 is 0 Å². The number of hydrogen-bond acceptors (Lipinski definition) is 4. The summed E-state index contributed by atoms with van der Waals surface area (Å²) in [5, 5.41) is 8.70. The van der Waals surface area contributed by atoms with E-state index in [9.17, 15) is 13.2 Å². The van der Waals surface area contributed by atoms with Crippen molar-refractivity contribution < 1.29 is 18.3 Å². The van der Waals surface area contributed by atoms with Crippen LogP contribution in [0, 0.1) is 6.92 Å². The molecule has 1 N–H and O–H groups in total. The van der Waals surface area contributed by atoms with Crippen molar-refractivity contribution in [2.24, 2.45) is 0 Å². The Morgan fingerprint density at radius 2 is 2.09 bits per heavy atom. The van der Waals surface area contributed by atoms with Gasteiger partial charge in [0.1, 0.15) is 5.75 Å². The van der Waals surface area contributed by atoms with E-state index in [1.54, 1.807) is 0 Å². The highest BCUT2D eigenvalue weighted by atomic mass is 32.2. The Labute approximate surface area is 138 Å². The smallest absolute Gasteiger partial charge is 0.318 e. The lowest BCUT2D eigenvalue weighted by atomic mass is 9.99. The van der Waals surface area contributed by atoms with Crippen molar-refractivity contribution >= 4 is 15.8 Å². The Balaban J connectivity index is 2.11. The number of carboxylic acids is 1. The lowest BCUT2D eigenvalue weighted by Crippen LogP contribution is -2.34. The molecule has 0 aliphatic carbocycles. The monoisotopic (exact) mass is 339 g/mol. The Bertz CT molecular complexity index is 642. The summed E-state index contributed by atoms with van der Waals surface area (Å²) in [4.78, 5) is 12.9. The first-order chi connectivity index (χ1) is 10.9. The number of nitrogens with zero attached hydrogens (tertiary/aromatic N) is 1. The van der Waals surface area contributed by atoms with Gasteiger partial charge < -0.3 is 5.11 Å². The van der Waals surface area contributed by atoms with Crippen molar-refractivity contribution in [3.63, 3.8) is 0 Å². The number of carbonyl (C=O) groups is 1. The van der Waals surface area contributed by atoms with Crippen LogP contribution in [0.15, 0.2) is 24.3 Å². The molecule has 1 saturated heterocycles. The maximum Gasteiger partial charge on any atom is 0.318 e. The van der Waals surface area contributed by atoms with E-state index < -0.39 is 21.6 Å². The number of sulfone groups is 1. The maximum atomic E-state index is 11.9. The molecule has 1 unspecified atom stereocenters. The molecule has 0 bridgehead atoms. The van der Waals surface area contributed by atoms with Gasteiger partial charge in [0.2, 0.25) is 0 Å². The molecule has 1 heterocycles. The van der Waals surface area contributed by atoms with Crippen LogP contribution >= 0.6 is 0 Å². The number of benzene rings is 1. The molecule has 128 valence electrons. The largest absolute Gasteiger partial charge is 0.480 e. The second-order valence-corrected chi connectivity index (χ2v) is 8.49. The van der Waals surface area contributed by atoms with E-state index in [-0.39, 0.29) is 11.8 Å². The summed E-state index contributed by atoms with van der Waals surface area (Å²) < 4.78 is 23.7. The molecule has 0 spiro atoms. The first-order valence-corrected chi connectivity index (χ1v) is 9.92. The summed E-state index contributed by atoms with van der Waals surface area (Å²) >= 11 is 0. The third kappa shape index (κ3) is 5.62. The predicted octanol–water partition coefficient (Wildman–Crippen LogP) is 2.41. The summed E-state index contributed by atoms with van der Waals surface area (Å²) in [5.41, 5.74) is 2.42. The number of rotatable bonds is 6. The molecule has 0 radical (unpaired) electrons. The van der Waals surface area contributed by atoms with Crippen LogP contribution in [0.1, 0.15) is 42.9 Å². The standard InChI is InChI=1S/C17H25NO4S/c1-14-6-5-7-15(12-14)16-8-3-2-4-9-18(16)10-11-23(21,22)13-17(19)20/h5-7,12,16H,2-4,8-11,13H2,1H3,(H,19,20). The number of hydrogen-bond donors (Lipinski definition) is 1. The maximum absolute atomic E-state index is 11.9. The van der Waals surface area contributed by atoms with Crippen LogP contribution in [0.25, 0.3) is 0 Å². The van der Waals surface area contributed by atoms with Crippen LogP contribution in [-0.2, 0) is 14.6 Å². The van der Waals surface area contributed by atoms with Crippen LogP contribution < -0.4 is 0 Å². The molecule has 1 fully saturated rings. The van der Waals surface area contributed by atoms with Crippen molar-refractivity contribution in [3.05, 3.63) is 35.4 Å². The van der Waals surface area contributed by atoms with Crippen molar-refractivity contribution in [1.29, 1.82) is 0 Å². The molecule has 0 saturated carbocycles. The highest BCUT2D eigenvalue weighted by Gasteiger charge is 2.25. The lowest BCUT2D eigenvalue weighted by Gasteiger charge is -2.30. The van der Waals surface area contributed by atoms with Gasteiger partial charge in [-0.05, 0) is 31.9 Å². The molecule has 1 aliphatic rings. The van der Waals surface area contributed by atoms with Gasteiger partial charge in [0.15, 0.2) is 9.84 Å². The van der Waals surface area contributed by atoms with E-state index in [2.05, 4.69) is 30.0 Å². The minimum absolute atomic E-state index is 0.0956. The van der Waals surface area contributed by atoms with Crippen LogP contribution in [0.5, 0.6) is 0 Å². The van der Waals surface area contributed by atoms with Crippen molar-refractivity contribution in [3.8, 4) is 0 Å². The minimum Gasteiger partial charge on any atom is -0.480 e. The summed E-state index contributed by atoms with van der Waals surface area (Å²) in [6, 6.07) is 8.57. The minimum atomic E-state index is -3.55. The second kappa shape index (κ2) is 7.93. The average Bonchev–Trinajstić information content (AvgIpc) is 2.69. The Morgan fingerprint density at radius 3 is 2.78 bits per heavy atom. The van der Waals surface area contributed by atoms with E-state index in [0.717, 1.165) is 32.2 Å². The molecule has 1 aromatic rings. The summed E-state index contributed by atoms with van der Waals surface area (Å²) in [6.45, 7) is 3.32. The molecule has 1 aliphatic heterocycles. The van der Waals surface area contributed by atoms with E-state index in [0.29, 0.717) is 6.54 Å². The van der Waals surface area contributed by atoms with Gasteiger partial charge in [-0.25, -0.2) is 8.42 Å².